The Labute approximate surface area is 209 Å². The minimum atomic E-state index is -0.210. The van der Waals surface area contributed by atoms with E-state index >= 15 is 0 Å². The third-order valence-electron chi connectivity index (χ3n) is 7.39. The van der Waals surface area contributed by atoms with Crippen LogP contribution in [0.4, 0.5) is 0 Å². The van der Waals surface area contributed by atoms with Gasteiger partial charge in [0, 0.05) is 12.3 Å². The predicted octanol–water partition coefficient (Wildman–Crippen LogP) is 7.47. The van der Waals surface area contributed by atoms with Gasteiger partial charge in [-0.1, -0.05) is 48.5 Å². The first-order chi connectivity index (χ1) is 16.9. The maximum Gasteiger partial charge on any atom is 0.120 e. The zero-order valence-corrected chi connectivity index (χ0v) is 21.1. The molecule has 2 atom stereocenters. The summed E-state index contributed by atoms with van der Waals surface area (Å²) in [7, 11) is 0. The normalized spacial score (nSPS) is 23.6. The summed E-state index contributed by atoms with van der Waals surface area (Å²) in [4.78, 5) is 10.7. The summed E-state index contributed by atoms with van der Waals surface area (Å²) in [5.41, 5.74) is 5.30. The fourth-order valence-electron chi connectivity index (χ4n) is 5.73. The van der Waals surface area contributed by atoms with Crippen LogP contribution in [0.3, 0.4) is 0 Å². The molecule has 3 aromatic rings. The lowest BCUT2D eigenvalue weighted by Crippen LogP contribution is -2.33. The molecular weight excluding hydrogens is 432 g/mol. The SMILES string of the molecule is CC(C)(C)Oc1ccc2c(c1)CC[C@H](c1ccccc1)[C@@H]2c1ccc(OC2CC(CC=O)C2)cc1. The van der Waals surface area contributed by atoms with Crippen molar-refractivity contribution in [1.29, 1.82) is 0 Å². The van der Waals surface area contributed by atoms with Crippen molar-refractivity contribution in [2.75, 3.05) is 0 Å². The summed E-state index contributed by atoms with van der Waals surface area (Å²) < 4.78 is 12.4. The van der Waals surface area contributed by atoms with Crippen molar-refractivity contribution in [2.24, 2.45) is 5.92 Å². The molecule has 2 aliphatic carbocycles. The smallest absolute Gasteiger partial charge is 0.120 e. The second-order valence-electron chi connectivity index (χ2n) is 11.2. The highest BCUT2D eigenvalue weighted by molar-refractivity contribution is 5.50. The van der Waals surface area contributed by atoms with Gasteiger partial charge in [-0.3, -0.25) is 0 Å². The maximum atomic E-state index is 10.7. The topological polar surface area (TPSA) is 35.5 Å². The molecule has 0 aliphatic heterocycles. The van der Waals surface area contributed by atoms with E-state index in [-0.39, 0.29) is 11.7 Å². The zero-order valence-electron chi connectivity index (χ0n) is 21.1. The number of rotatable bonds is 7. The largest absolute Gasteiger partial charge is 0.490 e. The number of carbonyl (C=O) groups is 1. The van der Waals surface area contributed by atoms with Gasteiger partial charge in [-0.25, -0.2) is 0 Å². The Balaban J connectivity index is 1.42. The van der Waals surface area contributed by atoms with Crippen LogP contribution in [0.2, 0.25) is 0 Å². The Morgan fingerprint density at radius 3 is 2.29 bits per heavy atom. The summed E-state index contributed by atoms with van der Waals surface area (Å²) in [5, 5.41) is 0. The van der Waals surface area contributed by atoms with E-state index in [1.54, 1.807) is 0 Å². The predicted molar refractivity (Wildman–Crippen MR) is 140 cm³/mol. The number of benzene rings is 3. The summed E-state index contributed by atoms with van der Waals surface area (Å²) >= 11 is 0. The average Bonchev–Trinajstić information content (AvgIpc) is 2.82. The van der Waals surface area contributed by atoms with Crippen LogP contribution in [0, 0.1) is 5.92 Å². The molecule has 35 heavy (non-hydrogen) atoms. The lowest BCUT2D eigenvalue weighted by molar-refractivity contribution is -0.109. The van der Waals surface area contributed by atoms with Crippen molar-refractivity contribution >= 4 is 6.29 Å². The van der Waals surface area contributed by atoms with Crippen LogP contribution in [0.5, 0.6) is 11.5 Å². The number of hydrogen-bond acceptors (Lipinski definition) is 3. The van der Waals surface area contributed by atoms with Crippen molar-refractivity contribution in [3.63, 3.8) is 0 Å². The third-order valence-corrected chi connectivity index (χ3v) is 7.39. The Bertz CT molecular complexity index is 1140. The number of aryl methyl sites for hydroxylation is 1. The molecule has 1 fully saturated rings. The number of fused-ring (bicyclic) bond motifs is 1. The van der Waals surface area contributed by atoms with Crippen LogP contribution >= 0.6 is 0 Å². The van der Waals surface area contributed by atoms with Crippen molar-refractivity contribution in [3.8, 4) is 11.5 Å². The van der Waals surface area contributed by atoms with E-state index in [1.807, 2.05) is 0 Å². The lowest BCUT2D eigenvalue weighted by Gasteiger charge is -2.36. The van der Waals surface area contributed by atoms with Gasteiger partial charge in [0.1, 0.15) is 23.4 Å². The van der Waals surface area contributed by atoms with Crippen molar-refractivity contribution in [3.05, 3.63) is 95.1 Å². The van der Waals surface area contributed by atoms with Crippen LogP contribution in [0.1, 0.15) is 80.5 Å². The van der Waals surface area contributed by atoms with Crippen molar-refractivity contribution in [2.45, 2.75) is 76.4 Å². The number of hydrogen-bond donors (Lipinski definition) is 0. The fraction of sp³-hybridized carbons (Fsp3) is 0.406. The molecule has 3 aromatic carbocycles. The molecule has 0 unspecified atom stereocenters. The van der Waals surface area contributed by atoms with Gasteiger partial charge in [-0.05, 0) is 105 Å². The second-order valence-corrected chi connectivity index (χ2v) is 11.2. The van der Waals surface area contributed by atoms with Gasteiger partial charge >= 0.3 is 0 Å². The highest BCUT2D eigenvalue weighted by atomic mass is 16.5. The molecule has 3 heteroatoms. The first kappa shape index (κ1) is 23.7. The molecule has 2 aliphatic rings. The molecule has 3 nitrogen and oxygen atoms in total. The van der Waals surface area contributed by atoms with E-state index in [0.29, 0.717) is 24.2 Å². The standard InChI is InChI=1S/C32H36O3/c1-32(2,3)35-27-14-16-30-25(21-27)11-15-29(23-7-5-4-6-8-23)31(30)24-9-12-26(13-10-24)34-28-19-22(20-28)17-18-33/h4-10,12-14,16,18,21-22,28-29,31H,11,15,17,19-20H2,1-3H3/t22?,28?,29-,31+/m1/s1. The van der Waals surface area contributed by atoms with E-state index in [1.165, 1.54) is 22.3 Å². The number of aldehydes is 1. The Morgan fingerprint density at radius 1 is 0.886 bits per heavy atom. The number of ether oxygens (including phenoxy) is 2. The molecule has 0 N–H and O–H groups in total. The molecule has 1 saturated carbocycles. The fourth-order valence-corrected chi connectivity index (χ4v) is 5.73. The summed E-state index contributed by atoms with van der Waals surface area (Å²) in [6.45, 7) is 6.28. The van der Waals surface area contributed by atoms with Gasteiger partial charge in [0.25, 0.3) is 0 Å². The minimum absolute atomic E-state index is 0.210. The minimum Gasteiger partial charge on any atom is -0.490 e. The molecule has 182 valence electrons. The molecule has 0 amide bonds. The van der Waals surface area contributed by atoms with Crippen molar-refractivity contribution < 1.29 is 14.3 Å². The van der Waals surface area contributed by atoms with Crippen LogP contribution < -0.4 is 9.47 Å². The molecule has 0 radical (unpaired) electrons. The summed E-state index contributed by atoms with van der Waals surface area (Å²) in [6, 6.07) is 26.3. The van der Waals surface area contributed by atoms with Gasteiger partial charge in [-0.15, -0.1) is 0 Å². The molecule has 5 rings (SSSR count). The zero-order chi connectivity index (χ0) is 24.4. The first-order valence-corrected chi connectivity index (χ1v) is 13.0. The highest BCUT2D eigenvalue weighted by Gasteiger charge is 2.33. The van der Waals surface area contributed by atoms with E-state index < -0.39 is 0 Å². The van der Waals surface area contributed by atoms with Crippen LogP contribution in [-0.4, -0.2) is 18.0 Å². The van der Waals surface area contributed by atoms with E-state index in [0.717, 1.165) is 43.5 Å². The third kappa shape index (κ3) is 5.45. The quantitative estimate of drug-likeness (QED) is 0.337. The Morgan fingerprint density at radius 2 is 1.60 bits per heavy atom. The number of carbonyl (C=O) groups excluding carboxylic acids is 1. The second kappa shape index (κ2) is 9.89. The molecule has 0 aromatic heterocycles. The molecular formula is C32H36O3. The van der Waals surface area contributed by atoms with Crippen molar-refractivity contribution in [1.82, 2.24) is 0 Å². The van der Waals surface area contributed by atoms with E-state index in [2.05, 4.69) is 93.6 Å². The van der Waals surface area contributed by atoms with Gasteiger partial charge in [0.2, 0.25) is 0 Å². The molecule has 0 saturated heterocycles. The Kier molecular flexibility index (Phi) is 6.69. The van der Waals surface area contributed by atoms with Crippen LogP contribution in [-0.2, 0) is 11.2 Å². The average molecular weight is 469 g/mol. The van der Waals surface area contributed by atoms with Gasteiger partial charge in [0.05, 0.1) is 6.10 Å². The maximum absolute atomic E-state index is 10.7. The van der Waals surface area contributed by atoms with Crippen LogP contribution in [0.25, 0.3) is 0 Å². The van der Waals surface area contributed by atoms with E-state index in [9.17, 15) is 4.79 Å². The molecule has 0 heterocycles. The van der Waals surface area contributed by atoms with E-state index in [4.69, 9.17) is 9.47 Å². The summed E-state index contributed by atoms with van der Waals surface area (Å²) in [6.07, 6.45) is 6.04. The lowest BCUT2D eigenvalue weighted by atomic mass is 9.69. The summed E-state index contributed by atoms with van der Waals surface area (Å²) in [5.74, 6) is 3.09. The first-order valence-electron chi connectivity index (χ1n) is 13.0. The van der Waals surface area contributed by atoms with Gasteiger partial charge in [-0.2, -0.15) is 0 Å². The van der Waals surface area contributed by atoms with Gasteiger partial charge in [0.15, 0.2) is 0 Å². The molecule has 0 bridgehead atoms. The monoisotopic (exact) mass is 468 g/mol. The van der Waals surface area contributed by atoms with Crippen LogP contribution in [0.15, 0.2) is 72.8 Å². The molecule has 0 spiro atoms. The van der Waals surface area contributed by atoms with Gasteiger partial charge < -0.3 is 14.3 Å². The highest BCUT2D eigenvalue weighted by Crippen LogP contribution is 2.47. The Hall–Kier alpha value is -3.07.